The van der Waals surface area contributed by atoms with E-state index in [0.29, 0.717) is 0 Å². The molecule has 0 aliphatic heterocycles. The van der Waals surface area contributed by atoms with Crippen LogP contribution >= 0.6 is 0 Å². The van der Waals surface area contributed by atoms with Crippen molar-refractivity contribution in [2.75, 3.05) is 0 Å². The summed E-state index contributed by atoms with van der Waals surface area (Å²) < 4.78 is 0. The molecule has 2 radical (unpaired) electrons. The van der Waals surface area contributed by atoms with Gasteiger partial charge in [-0.05, 0) is 36.5 Å². The first kappa shape index (κ1) is 7.85. The van der Waals surface area contributed by atoms with E-state index in [2.05, 4.69) is 24.3 Å². The Kier molecular flexibility index (Phi) is 2.45. The maximum Gasteiger partial charge on any atom is -0.00960 e. The first-order valence-electron chi connectivity index (χ1n) is 4.84. The lowest BCUT2D eigenvalue weighted by molar-refractivity contribution is 0.443. The van der Waals surface area contributed by atoms with Crippen molar-refractivity contribution in [1.29, 1.82) is 0 Å². The van der Waals surface area contributed by atoms with Gasteiger partial charge in [0.1, 0.15) is 0 Å². The molecule has 1 fully saturated rings. The van der Waals surface area contributed by atoms with Crippen LogP contribution in [0.15, 0.2) is 18.2 Å². The van der Waals surface area contributed by atoms with Crippen molar-refractivity contribution in [2.24, 2.45) is 0 Å². The van der Waals surface area contributed by atoms with Crippen molar-refractivity contribution in [3.63, 3.8) is 0 Å². The summed E-state index contributed by atoms with van der Waals surface area (Å²) >= 11 is 0. The lowest BCUT2D eigenvalue weighted by atomic mass is 9.84. The Labute approximate surface area is 74.6 Å². The molecule has 1 aromatic rings. The van der Waals surface area contributed by atoms with E-state index >= 15 is 0 Å². The molecule has 0 saturated heterocycles. The molecule has 0 atom stereocenters. The minimum atomic E-state index is 0.810. The summed E-state index contributed by atoms with van der Waals surface area (Å²) in [7, 11) is 0. The van der Waals surface area contributed by atoms with E-state index in [0.717, 1.165) is 5.92 Å². The Morgan fingerprint density at radius 1 is 1.08 bits per heavy atom. The highest BCUT2D eigenvalue weighted by atomic mass is 14.2. The van der Waals surface area contributed by atoms with Gasteiger partial charge < -0.3 is 0 Å². The molecule has 1 saturated carbocycles. The van der Waals surface area contributed by atoms with Gasteiger partial charge in [-0.1, -0.05) is 37.5 Å². The first-order chi connectivity index (χ1) is 5.97. The van der Waals surface area contributed by atoms with Crippen LogP contribution in [0, 0.1) is 12.1 Å². The molecule has 0 amide bonds. The quantitative estimate of drug-likeness (QED) is 0.588. The zero-order valence-electron chi connectivity index (χ0n) is 7.34. The van der Waals surface area contributed by atoms with E-state index in [4.69, 9.17) is 0 Å². The highest BCUT2D eigenvalue weighted by Crippen LogP contribution is 2.31. The maximum absolute atomic E-state index is 3.03. The summed E-state index contributed by atoms with van der Waals surface area (Å²) in [4.78, 5) is 0. The minimum absolute atomic E-state index is 0.810. The fourth-order valence-corrected chi connectivity index (χ4v) is 2.05. The third kappa shape index (κ3) is 1.69. The van der Waals surface area contributed by atoms with E-state index in [1.807, 2.05) is 6.07 Å². The van der Waals surface area contributed by atoms with E-state index in [9.17, 15) is 0 Å². The van der Waals surface area contributed by atoms with E-state index in [1.165, 1.54) is 37.7 Å². The highest BCUT2D eigenvalue weighted by Gasteiger charge is 2.14. The molecule has 0 N–H and O–H groups in total. The molecule has 1 aliphatic carbocycles. The Morgan fingerprint density at radius 3 is 2.58 bits per heavy atom. The molecule has 0 spiro atoms. The van der Waals surface area contributed by atoms with Crippen LogP contribution < -0.4 is 0 Å². The van der Waals surface area contributed by atoms with Crippen LogP contribution in [-0.2, 0) is 0 Å². The summed E-state index contributed by atoms with van der Waals surface area (Å²) in [6.45, 7) is 0. The maximum atomic E-state index is 3.03. The van der Waals surface area contributed by atoms with Gasteiger partial charge in [-0.15, -0.1) is 0 Å². The molecule has 0 bridgehead atoms. The Balaban J connectivity index is 2.08. The van der Waals surface area contributed by atoms with Crippen molar-refractivity contribution < 1.29 is 0 Å². The molecule has 0 unspecified atom stereocenters. The van der Waals surface area contributed by atoms with Crippen molar-refractivity contribution in [2.45, 2.75) is 38.0 Å². The number of hydrogen-bond acceptors (Lipinski definition) is 0. The van der Waals surface area contributed by atoms with Crippen molar-refractivity contribution >= 4 is 0 Å². The average molecular weight is 158 g/mol. The first-order valence-corrected chi connectivity index (χ1v) is 4.84. The second-order valence-corrected chi connectivity index (χ2v) is 3.60. The third-order valence-electron chi connectivity index (χ3n) is 2.76. The lowest BCUT2D eigenvalue weighted by Gasteiger charge is -2.21. The van der Waals surface area contributed by atoms with Crippen LogP contribution in [0.4, 0.5) is 0 Å². The van der Waals surface area contributed by atoms with E-state index < -0.39 is 0 Å². The number of benzene rings is 1. The Hall–Kier alpha value is -0.780. The zero-order valence-corrected chi connectivity index (χ0v) is 7.34. The van der Waals surface area contributed by atoms with Gasteiger partial charge in [-0.2, -0.15) is 0 Å². The molecule has 1 aromatic carbocycles. The van der Waals surface area contributed by atoms with Gasteiger partial charge in [0, 0.05) is 0 Å². The van der Waals surface area contributed by atoms with Gasteiger partial charge in [0.2, 0.25) is 0 Å². The van der Waals surface area contributed by atoms with Gasteiger partial charge in [0.05, 0.1) is 0 Å². The van der Waals surface area contributed by atoms with E-state index in [1.54, 1.807) is 0 Å². The summed E-state index contributed by atoms with van der Waals surface area (Å²) in [5.74, 6) is 0.810. The van der Waals surface area contributed by atoms with Gasteiger partial charge in [-0.3, -0.25) is 0 Å². The molecular weight excluding hydrogens is 144 g/mol. The molecule has 0 heterocycles. The Morgan fingerprint density at radius 2 is 1.92 bits per heavy atom. The number of hydrogen-bond donors (Lipinski definition) is 0. The molecule has 12 heavy (non-hydrogen) atoms. The van der Waals surface area contributed by atoms with Crippen LogP contribution in [0.2, 0.25) is 0 Å². The van der Waals surface area contributed by atoms with Crippen molar-refractivity contribution in [3.05, 3.63) is 35.9 Å². The van der Waals surface area contributed by atoms with Crippen LogP contribution in [0.3, 0.4) is 0 Å². The third-order valence-corrected chi connectivity index (χ3v) is 2.76. The second kappa shape index (κ2) is 3.75. The van der Waals surface area contributed by atoms with E-state index in [-0.39, 0.29) is 0 Å². The predicted octanol–water partition coefficient (Wildman–Crippen LogP) is 3.33. The van der Waals surface area contributed by atoms with Gasteiger partial charge >= 0.3 is 0 Å². The molecule has 2 rings (SSSR count). The van der Waals surface area contributed by atoms with Crippen LogP contribution in [0.5, 0.6) is 0 Å². The summed E-state index contributed by atoms with van der Waals surface area (Å²) in [6, 6.07) is 12.2. The topological polar surface area (TPSA) is 0 Å². The monoisotopic (exact) mass is 158 g/mol. The zero-order chi connectivity index (χ0) is 8.23. The molecule has 0 nitrogen and oxygen atoms in total. The fourth-order valence-electron chi connectivity index (χ4n) is 2.05. The fraction of sp³-hybridized carbons (Fsp3) is 0.500. The predicted molar refractivity (Wildman–Crippen MR) is 49.9 cm³/mol. The molecule has 62 valence electrons. The van der Waals surface area contributed by atoms with Gasteiger partial charge in [-0.25, -0.2) is 0 Å². The summed E-state index contributed by atoms with van der Waals surface area (Å²) in [5, 5.41) is 0. The molecule has 0 heteroatoms. The average Bonchev–Trinajstić information content (AvgIpc) is 2.21. The SMILES string of the molecule is [c]1[c]cc(C2CCCCC2)cc1. The minimum Gasteiger partial charge on any atom is -0.0581 e. The van der Waals surface area contributed by atoms with Crippen LogP contribution in [0.25, 0.3) is 0 Å². The van der Waals surface area contributed by atoms with Crippen molar-refractivity contribution in [1.82, 2.24) is 0 Å². The highest BCUT2D eigenvalue weighted by molar-refractivity contribution is 5.18. The molecular formula is C12H14. The summed E-state index contributed by atoms with van der Waals surface area (Å²) in [5.41, 5.74) is 1.47. The van der Waals surface area contributed by atoms with Gasteiger partial charge in [0.15, 0.2) is 0 Å². The number of rotatable bonds is 1. The summed E-state index contributed by atoms with van der Waals surface area (Å²) in [6.07, 6.45) is 6.99. The smallest absolute Gasteiger partial charge is 0.00960 e. The van der Waals surface area contributed by atoms with Crippen LogP contribution in [-0.4, -0.2) is 0 Å². The van der Waals surface area contributed by atoms with Gasteiger partial charge in [0.25, 0.3) is 0 Å². The lowest BCUT2D eigenvalue weighted by Crippen LogP contribution is -2.03. The van der Waals surface area contributed by atoms with Crippen LogP contribution in [0.1, 0.15) is 43.6 Å². The second-order valence-electron chi connectivity index (χ2n) is 3.60. The largest absolute Gasteiger partial charge is 0.0581 e. The Bertz CT molecular complexity index is 219. The van der Waals surface area contributed by atoms with Crippen molar-refractivity contribution in [3.8, 4) is 0 Å². The molecule has 1 aliphatic rings. The normalized spacial score (nSPS) is 19.3. The molecule has 0 aromatic heterocycles. The standard InChI is InChI=1S/C12H14/c1-3-7-11(8-4-1)12-9-5-2-6-10-12/h5,9-11H,1,3-4,7-8H2.